The summed E-state index contributed by atoms with van der Waals surface area (Å²) < 4.78 is 0. The lowest BCUT2D eigenvalue weighted by molar-refractivity contribution is -0.133. The van der Waals surface area contributed by atoms with Crippen molar-refractivity contribution < 1.29 is 9.59 Å². The molecule has 2 atom stereocenters. The number of carbonyl (C=O) groups excluding carboxylic acids is 2. The normalized spacial score (nSPS) is 21.0. The number of hydrogen-bond acceptors (Lipinski definition) is 3. The number of nitrogens with one attached hydrogen (secondary N) is 1. The largest absolute Gasteiger partial charge is 0.355 e. The van der Waals surface area contributed by atoms with Crippen molar-refractivity contribution in [2.75, 3.05) is 19.6 Å². The van der Waals surface area contributed by atoms with Gasteiger partial charge in [-0.1, -0.05) is 20.8 Å². The van der Waals surface area contributed by atoms with Gasteiger partial charge in [0.1, 0.15) is 0 Å². The zero-order valence-corrected chi connectivity index (χ0v) is 13.9. The first kappa shape index (κ1) is 18.0. The highest BCUT2D eigenvalue weighted by Gasteiger charge is 2.26. The van der Waals surface area contributed by atoms with Crippen LogP contribution in [0.15, 0.2) is 0 Å². The monoisotopic (exact) mass is 297 g/mol. The second-order valence-electron chi connectivity index (χ2n) is 7.32. The summed E-state index contributed by atoms with van der Waals surface area (Å²) in [6.07, 6.45) is 3.35. The van der Waals surface area contributed by atoms with Crippen molar-refractivity contribution in [2.45, 2.75) is 59.4 Å². The van der Waals surface area contributed by atoms with E-state index in [1.54, 1.807) is 0 Å². The highest BCUT2D eigenvalue weighted by atomic mass is 16.2. The van der Waals surface area contributed by atoms with Crippen LogP contribution in [-0.2, 0) is 9.59 Å². The summed E-state index contributed by atoms with van der Waals surface area (Å²) in [5.41, 5.74) is 5.34. The number of nitrogens with zero attached hydrogens (tertiary/aromatic N) is 1. The molecular formula is C16H31N3O2. The molecule has 0 saturated carbocycles. The van der Waals surface area contributed by atoms with Gasteiger partial charge in [0.25, 0.3) is 0 Å². The van der Waals surface area contributed by atoms with Crippen molar-refractivity contribution in [3.8, 4) is 0 Å². The third-order valence-corrected chi connectivity index (χ3v) is 3.92. The van der Waals surface area contributed by atoms with Crippen LogP contribution in [-0.4, -0.2) is 42.4 Å². The Morgan fingerprint density at radius 1 is 1.38 bits per heavy atom. The van der Waals surface area contributed by atoms with E-state index in [1.165, 1.54) is 0 Å². The minimum Gasteiger partial charge on any atom is -0.355 e. The van der Waals surface area contributed by atoms with Crippen LogP contribution in [0.2, 0.25) is 0 Å². The van der Waals surface area contributed by atoms with E-state index < -0.39 is 0 Å². The van der Waals surface area contributed by atoms with Crippen molar-refractivity contribution in [3.05, 3.63) is 0 Å². The highest BCUT2D eigenvalue weighted by Crippen LogP contribution is 2.18. The molecule has 1 rings (SSSR count). The second-order valence-corrected chi connectivity index (χ2v) is 7.32. The number of rotatable bonds is 5. The molecule has 1 saturated heterocycles. The van der Waals surface area contributed by atoms with E-state index in [-0.39, 0.29) is 23.3 Å². The van der Waals surface area contributed by atoms with Crippen LogP contribution < -0.4 is 11.1 Å². The number of hydrogen-bond donors (Lipinski definition) is 2. The van der Waals surface area contributed by atoms with Crippen LogP contribution in [0.4, 0.5) is 0 Å². The van der Waals surface area contributed by atoms with Gasteiger partial charge in [-0.15, -0.1) is 0 Å². The molecule has 5 nitrogen and oxygen atoms in total. The van der Waals surface area contributed by atoms with Crippen LogP contribution in [0.3, 0.4) is 0 Å². The van der Waals surface area contributed by atoms with Gasteiger partial charge in [0.05, 0.1) is 0 Å². The molecule has 0 aliphatic carbocycles. The molecule has 1 heterocycles. The quantitative estimate of drug-likeness (QED) is 0.808. The fourth-order valence-electron chi connectivity index (χ4n) is 2.47. The summed E-state index contributed by atoms with van der Waals surface area (Å²) >= 11 is 0. The first-order valence-corrected chi connectivity index (χ1v) is 8.02. The van der Waals surface area contributed by atoms with Crippen LogP contribution in [0.25, 0.3) is 0 Å². The molecule has 0 aromatic carbocycles. The van der Waals surface area contributed by atoms with Gasteiger partial charge in [-0.3, -0.25) is 9.59 Å². The third kappa shape index (κ3) is 6.46. The Hall–Kier alpha value is -1.10. The molecule has 21 heavy (non-hydrogen) atoms. The smallest absolute Gasteiger partial charge is 0.225 e. The van der Waals surface area contributed by atoms with Crippen LogP contribution >= 0.6 is 0 Å². The Labute approximate surface area is 128 Å². The molecule has 5 heteroatoms. The maximum atomic E-state index is 12.1. The van der Waals surface area contributed by atoms with Crippen LogP contribution in [0.5, 0.6) is 0 Å². The molecular weight excluding hydrogens is 266 g/mol. The number of amides is 2. The number of piperidine rings is 1. The van der Waals surface area contributed by atoms with Gasteiger partial charge in [-0.05, 0) is 32.1 Å². The van der Waals surface area contributed by atoms with E-state index in [2.05, 4.69) is 5.32 Å². The molecule has 0 bridgehead atoms. The Balaban J connectivity index is 2.38. The van der Waals surface area contributed by atoms with Crippen molar-refractivity contribution in [1.82, 2.24) is 10.2 Å². The Bertz CT molecular complexity index is 361. The molecule has 1 fully saturated rings. The minimum absolute atomic E-state index is 0.0700. The van der Waals surface area contributed by atoms with Crippen molar-refractivity contribution in [1.29, 1.82) is 0 Å². The topological polar surface area (TPSA) is 75.4 Å². The molecule has 1 aliphatic heterocycles. The van der Waals surface area contributed by atoms with Crippen LogP contribution in [0, 0.1) is 11.3 Å². The van der Waals surface area contributed by atoms with Gasteiger partial charge in [0, 0.05) is 37.5 Å². The average molecular weight is 297 g/mol. The summed E-state index contributed by atoms with van der Waals surface area (Å²) in [7, 11) is 0. The zero-order chi connectivity index (χ0) is 16.0. The fraction of sp³-hybridized carbons (Fsp3) is 0.875. The maximum absolute atomic E-state index is 12.1. The predicted octanol–water partition coefficient (Wildman–Crippen LogP) is 1.51. The Morgan fingerprint density at radius 3 is 2.62 bits per heavy atom. The summed E-state index contributed by atoms with van der Waals surface area (Å²) in [6, 6.07) is 0.0700. The lowest BCUT2D eigenvalue weighted by Crippen LogP contribution is -2.45. The van der Waals surface area contributed by atoms with Crippen molar-refractivity contribution in [2.24, 2.45) is 17.1 Å². The molecule has 3 N–H and O–H groups in total. The number of nitrogens with two attached hydrogens (primary N) is 1. The molecule has 122 valence electrons. The van der Waals surface area contributed by atoms with E-state index in [9.17, 15) is 9.59 Å². The number of likely N-dealkylation sites (tertiary alicyclic amines) is 1. The van der Waals surface area contributed by atoms with Crippen molar-refractivity contribution >= 4 is 11.8 Å². The van der Waals surface area contributed by atoms with E-state index in [4.69, 9.17) is 5.73 Å². The summed E-state index contributed by atoms with van der Waals surface area (Å²) in [4.78, 5) is 26.0. The average Bonchev–Trinajstić information content (AvgIpc) is 2.41. The summed E-state index contributed by atoms with van der Waals surface area (Å²) in [5.74, 6) is 0.631. The molecule has 2 amide bonds. The van der Waals surface area contributed by atoms with Gasteiger partial charge >= 0.3 is 0 Å². The summed E-state index contributed by atoms with van der Waals surface area (Å²) in [5, 5.41) is 3.01. The molecule has 2 unspecified atom stereocenters. The Morgan fingerprint density at radius 2 is 2.05 bits per heavy atom. The fourth-order valence-corrected chi connectivity index (χ4v) is 2.47. The first-order chi connectivity index (χ1) is 9.70. The Kier molecular flexibility index (Phi) is 6.65. The molecule has 0 spiro atoms. The minimum atomic E-state index is -0.360. The van der Waals surface area contributed by atoms with Gasteiger partial charge in [0.2, 0.25) is 11.8 Å². The van der Waals surface area contributed by atoms with Gasteiger partial charge in [0.15, 0.2) is 0 Å². The van der Waals surface area contributed by atoms with E-state index in [1.807, 2.05) is 32.6 Å². The predicted molar refractivity (Wildman–Crippen MR) is 84.7 cm³/mol. The van der Waals surface area contributed by atoms with Crippen molar-refractivity contribution in [3.63, 3.8) is 0 Å². The van der Waals surface area contributed by atoms with E-state index in [0.29, 0.717) is 18.9 Å². The van der Waals surface area contributed by atoms with E-state index in [0.717, 1.165) is 32.4 Å². The second kappa shape index (κ2) is 7.78. The highest BCUT2D eigenvalue weighted by molar-refractivity contribution is 5.81. The SMILES string of the molecule is CC(N)CCC(=O)N1CCCC(CNC(=O)C(C)(C)C)C1. The molecule has 1 aliphatic rings. The van der Waals surface area contributed by atoms with Gasteiger partial charge in [-0.25, -0.2) is 0 Å². The van der Waals surface area contributed by atoms with E-state index >= 15 is 0 Å². The lowest BCUT2D eigenvalue weighted by Gasteiger charge is -2.33. The molecule has 0 radical (unpaired) electrons. The zero-order valence-electron chi connectivity index (χ0n) is 13.9. The number of carbonyl (C=O) groups is 2. The molecule has 0 aromatic heterocycles. The maximum Gasteiger partial charge on any atom is 0.225 e. The lowest BCUT2D eigenvalue weighted by atomic mass is 9.94. The van der Waals surface area contributed by atoms with Crippen LogP contribution in [0.1, 0.15) is 53.4 Å². The third-order valence-electron chi connectivity index (χ3n) is 3.92. The summed E-state index contributed by atoms with van der Waals surface area (Å²) in [6.45, 7) is 9.90. The van der Waals surface area contributed by atoms with Gasteiger partial charge < -0.3 is 16.0 Å². The first-order valence-electron chi connectivity index (χ1n) is 8.02. The molecule has 0 aromatic rings. The van der Waals surface area contributed by atoms with Gasteiger partial charge in [-0.2, -0.15) is 0 Å². The standard InChI is InChI=1S/C16H31N3O2/c1-12(17)7-8-14(20)19-9-5-6-13(11-19)10-18-15(21)16(2,3)4/h12-13H,5-11,17H2,1-4H3,(H,18,21).